The van der Waals surface area contributed by atoms with Gasteiger partial charge in [-0.1, -0.05) is 19.1 Å². The number of amides is 1. The van der Waals surface area contributed by atoms with Gasteiger partial charge in [0.25, 0.3) is 5.91 Å². The molecular formula is C18H31IN4O2. The Kier molecular flexibility index (Phi) is 13.1. The summed E-state index contributed by atoms with van der Waals surface area (Å²) >= 11 is 0. The summed E-state index contributed by atoms with van der Waals surface area (Å²) in [7, 11) is 3.44. The number of nitrogens with zero attached hydrogens (tertiary/aromatic N) is 1. The molecule has 0 saturated heterocycles. The van der Waals surface area contributed by atoms with E-state index in [-0.39, 0.29) is 35.9 Å². The molecule has 1 rings (SSSR count). The zero-order valence-corrected chi connectivity index (χ0v) is 17.9. The van der Waals surface area contributed by atoms with Gasteiger partial charge in [-0.25, -0.2) is 0 Å². The average molecular weight is 462 g/mol. The largest absolute Gasteiger partial charge is 0.385 e. The maximum atomic E-state index is 12.0. The van der Waals surface area contributed by atoms with Crippen LogP contribution in [-0.2, 0) is 11.3 Å². The molecule has 1 unspecified atom stereocenters. The van der Waals surface area contributed by atoms with Crippen molar-refractivity contribution in [2.24, 2.45) is 4.99 Å². The molecule has 1 aromatic carbocycles. The van der Waals surface area contributed by atoms with E-state index in [1.54, 1.807) is 14.2 Å². The lowest BCUT2D eigenvalue weighted by molar-refractivity contribution is 0.0939. The van der Waals surface area contributed by atoms with Gasteiger partial charge in [0.1, 0.15) is 0 Å². The Labute approximate surface area is 168 Å². The van der Waals surface area contributed by atoms with Crippen LogP contribution in [0.1, 0.15) is 42.6 Å². The first-order valence-electron chi connectivity index (χ1n) is 8.44. The number of carbonyl (C=O) groups is 1. The number of hydrogen-bond acceptors (Lipinski definition) is 3. The van der Waals surface area contributed by atoms with Crippen molar-refractivity contribution in [3.05, 3.63) is 35.4 Å². The molecule has 0 spiro atoms. The smallest absolute Gasteiger partial charge is 0.251 e. The fourth-order valence-corrected chi connectivity index (χ4v) is 2.01. The average Bonchev–Trinajstić information content (AvgIpc) is 2.61. The summed E-state index contributed by atoms with van der Waals surface area (Å²) in [6.45, 7) is 6.24. The van der Waals surface area contributed by atoms with Crippen LogP contribution >= 0.6 is 24.0 Å². The Bertz CT molecular complexity index is 520. The third kappa shape index (κ3) is 9.64. The Hall–Kier alpha value is -1.35. The first kappa shape index (κ1) is 23.6. The third-order valence-electron chi connectivity index (χ3n) is 3.71. The molecule has 142 valence electrons. The van der Waals surface area contributed by atoms with Crippen LogP contribution in [0.4, 0.5) is 0 Å². The van der Waals surface area contributed by atoms with E-state index in [9.17, 15) is 4.79 Å². The van der Waals surface area contributed by atoms with E-state index in [1.807, 2.05) is 31.2 Å². The molecule has 1 atom stereocenters. The van der Waals surface area contributed by atoms with Crippen molar-refractivity contribution in [2.75, 3.05) is 27.3 Å². The standard InChI is InChI=1S/C18H30N4O2.HI/c1-5-14(2)22-17(23)16-9-7-15(8-10-16)13-21-18(19-3)20-11-6-12-24-4;/h7-10,14H,5-6,11-13H2,1-4H3,(H,22,23)(H2,19,20,21);1H. The summed E-state index contributed by atoms with van der Waals surface area (Å²) in [4.78, 5) is 16.2. The second-order valence-electron chi connectivity index (χ2n) is 5.68. The molecule has 0 aliphatic rings. The van der Waals surface area contributed by atoms with Crippen LogP contribution in [-0.4, -0.2) is 45.2 Å². The Morgan fingerprint density at radius 2 is 1.92 bits per heavy atom. The Morgan fingerprint density at radius 1 is 1.24 bits per heavy atom. The van der Waals surface area contributed by atoms with Gasteiger partial charge in [-0.2, -0.15) is 0 Å². The van der Waals surface area contributed by atoms with Crippen LogP contribution in [0.5, 0.6) is 0 Å². The number of ether oxygens (including phenoxy) is 1. The van der Waals surface area contributed by atoms with Crippen molar-refractivity contribution in [1.82, 2.24) is 16.0 Å². The number of hydrogen-bond donors (Lipinski definition) is 3. The Balaban J connectivity index is 0.00000576. The van der Waals surface area contributed by atoms with Crippen LogP contribution in [0, 0.1) is 0 Å². The van der Waals surface area contributed by atoms with Gasteiger partial charge in [-0.3, -0.25) is 9.79 Å². The van der Waals surface area contributed by atoms with Crippen molar-refractivity contribution >= 4 is 35.8 Å². The quantitative estimate of drug-likeness (QED) is 0.228. The number of nitrogens with one attached hydrogen (secondary N) is 3. The lowest BCUT2D eigenvalue weighted by Gasteiger charge is -2.13. The first-order chi connectivity index (χ1) is 11.6. The molecule has 0 fully saturated rings. The van der Waals surface area contributed by atoms with E-state index in [4.69, 9.17) is 4.74 Å². The van der Waals surface area contributed by atoms with E-state index >= 15 is 0 Å². The Morgan fingerprint density at radius 3 is 2.48 bits per heavy atom. The van der Waals surface area contributed by atoms with Gasteiger partial charge in [0.05, 0.1) is 0 Å². The van der Waals surface area contributed by atoms with Gasteiger partial charge in [0, 0.05) is 45.5 Å². The fourth-order valence-electron chi connectivity index (χ4n) is 2.01. The minimum absolute atomic E-state index is 0. The predicted octanol–water partition coefficient (Wildman–Crippen LogP) is 2.53. The minimum Gasteiger partial charge on any atom is -0.385 e. The number of methoxy groups -OCH3 is 1. The molecule has 3 N–H and O–H groups in total. The summed E-state index contributed by atoms with van der Waals surface area (Å²) in [6, 6.07) is 7.80. The molecule has 6 nitrogen and oxygen atoms in total. The number of rotatable bonds is 9. The van der Waals surface area contributed by atoms with Gasteiger partial charge in [-0.15, -0.1) is 24.0 Å². The van der Waals surface area contributed by atoms with E-state index in [0.29, 0.717) is 12.1 Å². The van der Waals surface area contributed by atoms with Crippen LogP contribution in [0.2, 0.25) is 0 Å². The predicted molar refractivity (Wildman–Crippen MR) is 114 cm³/mol. The molecule has 0 radical (unpaired) electrons. The van der Waals surface area contributed by atoms with Crippen molar-refractivity contribution in [2.45, 2.75) is 39.3 Å². The van der Waals surface area contributed by atoms with E-state index < -0.39 is 0 Å². The molecule has 7 heteroatoms. The van der Waals surface area contributed by atoms with E-state index in [2.05, 4.69) is 27.9 Å². The zero-order chi connectivity index (χ0) is 17.8. The highest BCUT2D eigenvalue weighted by Crippen LogP contribution is 2.05. The number of benzene rings is 1. The molecule has 1 aromatic rings. The lowest BCUT2D eigenvalue weighted by Crippen LogP contribution is -2.37. The van der Waals surface area contributed by atoms with Gasteiger partial charge in [-0.05, 0) is 37.5 Å². The lowest BCUT2D eigenvalue weighted by atomic mass is 10.1. The number of aliphatic imine (C=N–C) groups is 1. The zero-order valence-electron chi connectivity index (χ0n) is 15.6. The van der Waals surface area contributed by atoms with Crippen molar-refractivity contribution < 1.29 is 9.53 Å². The van der Waals surface area contributed by atoms with Crippen molar-refractivity contribution in [3.63, 3.8) is 0 Å². The number of halogens is 1. The summed E-state index contributed by atoms with van der Waals surface area (Å²) in [6.07, 6.45) is 1.85. The summed E-state index contributed by atoms with van der Waals surface area (Å²) in [5.41, 5.74) is 1.77. The summed E-state index contributed by atoms with van der Waals surface area (Å²) in [5.74, 6) is 0.726. The van der Waals surface area contributed by atoms with Gasteiger partial charge >= 0.3 is 0 Å². The van der Waals surface area contributed by atoms with Crippen molar-refractivity contribution in [1.29, 1.82) is 0 Å². The molecule has 0 bridgehead atoms. The monoisotopic (exact) mass is 462 g/mol. The molecular weight excluding hydrogens is 431 g/mol. The fraction of sp³-hybridized carbons (Fsp3) is 0.556. The highest BCUT2D eigenvalue weighted by Gasteiger charge is 2.08. The first-order valence-corrected chi connectivity index (χ1v) is 8.44. The molecule has 0 aliphatic heterocycles. The van der Waals surface area contributed by atoms with Gasteiger partial charge in [0.15, 0.2) is 5.96 Å². The maximum absolute atomic E-state index is 12.0. The molecule has 0 saturated carbocycles. The number of guanidine groups is 1. The third-order valence-corrected chi connectivity index (χ3v) is 3.71. The minimum atomic E-state index is -0.0283. The van der Waals surface area contributed by atoms with Crippen LogP contribution in [0.25, 0.3) is 0 Å². The summed E-state index contributed by atoms with van der Waals surface area (Å²) < 4.78 is 5.02. The second-order valence-corrected chi connectivity index (χ2v) is 5.68. The molecule has 1 amide bonds. The topological polar surface area (TPSA) is 74.8 Å². The molecule has 0 aromatic heterocycles. The normalized spacial score (nSPS) is 12.1. The summed E-state index contributed by atoms with van der Waals surface area (Å²) in [5, 5.41) is 9.44. The van der Waals surface area contributed by atoms with Gasteiger partial charge in [0.2, 0.25) is 0 Å². The van der Waals surface area contributed by atoms with E-state index in [1.165, 1.54) is 0 Å². The number of carbonyl (C=O) groups excluding carboxylic acids is 1. The highest BCUT2D eigenvalue weighted by molar-refractivity contribution is 14.0. The van der Waals surface area contributed by atoms with Crippen LogP contribution < -0.4 is 16.0 Å². The van der Waals surface area contributed by atoms with Crippen LogP contribution in [0.15, 0.2) is 29.3 Å². The SMILES string of the molecule is CCC(C)NC(=O)c1ccc(CNC(=NC)NCCCOC)cc1.I. The molecule has 0 heterocycles. The maximum Gasteiger partial charge on any atom is 0.251 e. The van der Waals surface area contributed by atoms with Gasteiger partial charge < -0.3 is 20.7 Å². The molecule has 25 heavy (non-hydrogen) atoms. The highest BCUT2D eigenvalue weighted by atomic mass is 127. The second kappa shape index (κ2) is 13.9. The van der Waals surface area contributed by atoms with Crippen molar-refractivity contribution in [3.8, 4) is 0 Å². The molecule has 0 aliphatic carbocycles. The van der Waals surface area contributed by atoms with E-state index in [0.717, 1.165) is 37.5 Å². The van der Waals surface area contributed by atoms with Crippen LogP contribution in [0.3, 0.4) is 0 Å².